The molecule has 1 aromatic carbocycles. The molecule has 0 radical (unpaired) electrons. The van der Waals surface area contributed by atoms with Gasteiger partial charge < -0.3 is 15.0 Å². The SMILES string of the molecule is CCOc1ccc(CC(=O)N2CCNC(=O)C2(C)C)cc1. The third-order valence-electron chi connectivity index (χ3n) is 3.74. The van der Waals surface area contributed by atoms with Crippen LogP contribution in [0.1, 0.15) is 26.3 Å². The van der Waals surface area contributed by atoms with Gasteiger partial charge in [-0.15, -0.1) is 0 Å². The summed E-state index contributed by atoms with van der Waals surface area (Å²) in [6.45, 7) is 7.16. The molecule has 0 aromatic heterocycles. The average molecular weight is 290 g/mol. The fourth-order valence-electron chi connectivity index (χ4n) is 2.48. The largest absolute Gasteiger partial charge is 0.494 e. The molecular formula is C16H22N2O3. The minimum Gasteiger partial charge on any atom is -0.494 e. The van der Waals surface area contributed by atoms with E-state index in [1.54, 1.807) is 18.7 Å². The summed E-state index contributed by atoms with van der Waals surface area (Å²) in [4.78, 5) is 26.0. The van der Waals surface area contributed by atoms with E-state index in [0.29, 0.717) is 26.1 Å². The number of benzene rings is 1. The van der Waals surface area contributed by atoms with E-state index in [9.17, 15) is 9.59 Å². The van der Waals surface area contributed by atoms with Gasteiger partial charge in [-0.1, -0.05) is 12.1 Å². The lowest BCUT2D eigenvalue weighted by Gasteiger charge is -2.41. The smallest absolute Gasteiger partial charge is 0.245 e. The molecule has 1 aliphatic heterocycles. The van der Waals surface area contributed by atoms with Crippen LogP contribution in [-0.2, 0) is 16.0 Å². The van der Waals surface area contributed by atoms with Crippen LogP contribution >= 0.6 is 0 Å². The van der Waals surface area contributed by atoms with Crippen molar-refractivity contribution >= 4 is 11.8 Å². The maximum atomic E-state index is 12.5. The molecular weight excluding hydrogens is 268 g/mol. The van der Waals surface area contributed by atoms with Crippen LogP contribution in [0.4, 0.5) is 0 Å². The molecule has 114 valence electrons. The molecule has 1 aliphatic rings. The maximum Gasteiger partial charge on any atom is 0.245 e. The van der Waals surface area contributed by atoms with Crippen molar-refractivity contribution in [3.63, 3.8) is 0 Å². The van der Waals surface area contributed by atoms with E-state index in [1.807, 2.05) is 31.2 Å². The van der Waals surface area contributed by atoms with E-state index in [2.05, 4.69) is 5.32 Å². The quantitative estimate of drug-likeness (QED) is 0.911. The Kier molecular flexibility index (Phi) is 4.50. The van der Waals surface area contributed by atoms with E-state index >= 15 is 0 Å². The normalized spacial score (nSPS) is 17.3. The van der Waals surface area contributed by atoms with Gasteiger partial charge in [0.2, 0.25) is 11.8 Å². The Morgan fingerprint density at radius 1 is 1.33 bits per heavy atom. The predicted molar refractivity (Wildman–Crippen MR) is 80.1 cm³/mol. The van der Waals surface area contributed by atoms with E-state index in [4.69, 9.17) is 4.74 Å². The van der Waals surface area contributed by atoms with Crippen molar-refractivity contribution in [1.29, 1.82) is 0 Å². The van der Waals surface area contributed by atoms with Crippen LogP contribution in [0.25, 0.3) is 0 Å². The minimum absolute atomic E-state index is 0.0287. The van der Waals surface area contributed by atoms with Crippen LogP contribution in [-0.4, -0.2) is 41.9 Å². The third-order valence-corrected chi connectivity index (χ3v) is 3.74. The zero-order valence-corrected chi connectivity index (χ0v) is 12.8. The van der Waals surface area contributed by atoms with E-state index < -0.39 is 5.54 Å². The van der Waals surface area contributed by atoms with Gasteiger partial charge in [0.25, 0.3) is 0 Å². The standard InChI is InChI=1S/C16H22N2O3/c1-4-21-13-7-5-12(6-8-13)11-14(19)18-10-9-17-15(20)16(18,2)3/h5-8H,4,9-11H2,1-3H3,(H,17,20). The Bertz CT molecular complexity index is 523. The summed E-state index contributed by atoms with van der Waals surface area (Å²) in [5.41, 5.74) is 0.130. The first-order chi connectivity index (χ1) is 9.95. The monoisotopic (exact) mass is 290 g/mol. The highest BCUT2D eigenvalue weighted by Crippen LogP contribution is 2.20. The van der Waals surface area contributed by atoms with Gasteiger partial charge in [-0.2, -0.15) is 0 Å². The lowest BCUT2D eigenvalue weighted by molar-refractivity contribution is -0.148. The van der Waals surface area contributed by atoms with Gasteiger partial charge in [-0.05, 0) is 38.5 Å². The zero-order valence-electron chi connectivity index (χ0n) is 12.8. The first-order valence-electron chi connectivity index (χ1n) is 7.25. The number of amides is 2. The molecule has 1 aromatic rings. The van der Waals surface area contributed by atoms with Crippen molar-refractivity contribution in [2.24, 2.45) is 0 Å². The second-order valence-corrected chi connectivity index (χ2v) is 5.61. The van der Waals surface area contributed by atoms with E-state index in [1.165, 1.54) is 0 Å². The summed E-state index contributed by atoms with van der Waals surface area (Å²) in [5, 5.41) is 2.79. The highest BCUT2D eigenvalue weighted by Gasteiger charge is 2.40. The molecule has 1 fully saturated rings. The summed E-state index contributed by atoms with van der Waals surface area (Å²) < 4.78 is 5.38. The molecule has 2 rings (SSSR count). The Balaban J connectivity index is 2.05. The fourth-order valence-corrected chi connectivity index (χ4v) is 2.48. The number of nitrogens with zero attached hydrogens (tertiary/aromatic N) is 1. The zero-order chi connectivity index (χ0) is 15.5. The third kappa shape index (κ3) is 3.35. The number of hydrogen-bond donors (Lipinski definition) is 1. The van der Waals surface area contributed by atoms with Gasteiger partial charge in [-0.3, -0.25) is 9.59 Å². The summed E-state index contributed by atoms with van der Waals surface area (Å²) in [6.07, 6.45) is 0.295. The Morgan fingerprint density at radius 3 is 2.62 bits per heavy atom. The Morgan fingerprint density at radius 2 is 2.00 bits per heavy atom. The number of carbonyl (C=O) groups is 2. The van der Waals surface area contributed by atoms with Crippen molar-refractivity contribution in [3.05, 3.63) is 29.8 Å². The summed E-state index contributed by atoms with van der Waals surface area (Å²) in [7, 11) is 0. The molecule has 0 unspecified atom stereocenters. The van der Waals surface area contributed by atoms with Crippen molar-refractivity contribution in [2.45, 2.75) is 32.7 Å². The molecule has 0 spiro atoms. The summed E-state index contributed by atoms with van der Waals surface area (Å²) in [5.74, 6) is 0.666. The van der Waals surface area contributed by atoms with Crippen molar-refractivity contribution in [1.82, 2.24) is 10.2 Å². The van der Waals surface area contributed by atoms with Gasteiger partial charge in [0.05, 0.1) is 13.0 Å². The van der Waals surface area contributed by atoms with Gasteiger partial charge in [0.15, 0.2) is 0 Å². The summed E-state index contributed by atoms with van der Waals surface area (Å²) >= 11 is 0. The van der Waals surface area contributed by atoms with E-state index in [-0.39, 0.29) is 11.8 Å². The van der Waals surface area contributed by atoms with Crippen molar-refractivity contribution < 1.29 is 14.3 Å². The molecule has 5 nitrogen and oxygen atoms in total. The van der Waals surface area contributed by atoms with Crippen LogP contribution in [0.5, 0.6) is 5.75 Å². The number of nitrogens with one attached hydrogen (secondary N) is 1. The summed E-state index contributed by atoms with van der Waals surface area (Å²) in [6, 6.07) is 7.50. The number of hydrogen-bond acceptors (Lipinski definition) is 3. The maximum absolute atomic E-state index is 12.5. The van der Waals surface area contributed by atoms with Crippen LogP contribution in [0.15, 0.2) is 24.3 Å². The predicted octanol–water partition coefficient (Wildman–Crippen LogP) is 1.36. The molecule has 0 bridgehead atoms. The lowest BCUT2D eigenvalue weighted by Crippen LogP contribution is -2.63. The first-order valence-corrected chi connectivity index (χ1v) is 7.25. The van der Waals surface area contributed by atoms with Crippen molar-refractivity contribution in [3.8, 4) is 5.75 Å². The molecule has 1 heterocycles. The van der Waals surface area contributed by atoms with Crippen LogP contribution in [0, 0.1) is 0 Å². The second-order valence-electron chi connectivity index (χ2n) is 5.61. The average Bonchev–Trinajstić information content (AvgIpc) is 2.44. The highest BCUT2D eigenvalue weighted by atomic mass is 16.5. The molecule has 0 aliphatic carbocycles. The fraction of sp³-hybridized carbons (Fsp3) is 0.500. The minimum atomic E-state index is -0.791. The van der Waals surface area contributed by atoms with Gasteiger partial charge in [0.1, 0.15) is 11.3 Å². The molecule has 21 heavy (non-hydrogen) atoms. The molecule has 5 heteroatoms. The molecule has 0 atom stereocenters. The lowest BCUT2D eigenvalue weighted by atomic mass is 9.97. The number of rotatable bonds is 4. The van der Waals surface area contributed by atoms with Crippen LogP contribution < -0.4 is 10.1 Å². The topological polar surface area (TPSA) is 58.6 Å². The Labute approximate surface area is 125 Å². The van der Waals surface area contributed by atoms with Crippen LogP contribution in [0.2, 0.25) is 0 Å². The van der Waals surface area contributed by atoms with Gasteiger partial charge >= 0.3 is 0 Å². The van der Waals surface area contributed by atoms with Gasteiger partial charge in [-0.25, -0.2) is 0 Å². The highest BCUT2D eigenvalue weighted by molar-refractivity contribution is 5.92. The second kappa shape index (κ2) is 6.16. The first kappa shape index (κ1) is 15.4. The van der Waals surface area contributed by atoms with Gasteiger partial charge in [0, 0.05) is 13.1 Å². The number of ether oxygens (including phenoxy) is 1. The van der Waals surface area contributed by atoms with Crippen LogP contribution in [0.3, 0.4) is 0 Å². The Hall–Kier alpha value is -2.04. The molecule has 0 saturated carbocycles. The number of piperazine rings is 1. The molecule has 1 saturated heterocycles. The van der Waals surface area contributed by atoms with E-state index in [0.717, 1.165) is 11.3 Å². The number of carbonyl (C=O) groups excluding carboxylic acids is 2. The van der Waals surface area contributed by atoms with Crippen molar-refractivity contribution in [2.75, 3.05) is 19.7 Å². The molecule has 2 amide bonds. The molecule has 1 N–H and O–H groups in total.